The van der Waals surface area contributed by atoms with Crippen LogP contribution in [-0.4, -0.2) is 34.8 Å². The van der Waals surface area contributed by atoms with Gasteiger partial charge in [-0.25, -0.2) is 4.68 Å². The van der Waals surface area contributed by atoms with Crippen molar-refractivity contribution in [3.63, 3.8) is 0 Å². The van der Waals surface area contributed by atoms with Crippen LogP contribution >= 0.6 is 23.2 Å². The number of nitrogens with one attached hydrogen (secondary N) is 1. The van der Waals surface area contributed by atoms with Gasteiger partial charge in [-0.05, 0) is 57.8 Å². The summed E-state index contributed by atoms with van der Waals surface area (Å²) in [4.78, 5) is 2.45. The minimum Gasteiger partial charge on any atom is -0.370 e. The zero-order valence-corrected chi connectivity index (χ0v) is 16.1. The van der Waals surface area contributed by atoms with Gasteiger partial charge < -0.3 is 5.32 Å². The predicted molar refractivity (Wildman–Crippen MR) is 104 cm³/mol. The molecular weight excluding hydrogens is 355 g/mol. The second kappa shape index (κ2) is 7.18. The average Bonchev–Trinajstić information content (AvgIpc) is 2.79. The van der Waals surface area contributed by atoms with Crippen LogP contribution in [0.2, 0.25) is 10.0 Å². The van der Waals surface area contributed by atoms with E-state index in [0.717, 1.165) is 31.0 Å². The van der Waals surface area contributed by atoms with Crippen LogP contribution in [0.3, 0.4) is 0 Å². The molecule has 4 nitrogen and oxygen atoms in total. The lowest BCUT2D eigenvalue weighted by atomic mass is 9.96. The van der Waals surface area contributed by atoms with Gasteiger partial charge in [-0.15, -0.1) is 0 Å². The van der Waals surface area contributed by atoms with Crippen LogP contribution in [0.25, 0.3) is 5.69 Å². The molecule has 0 saturated carbocycles. The van der Waals surface area contributed by atoms with Crippen molar-refractivity contribution in [1.82, 2.24) is 14.7 Å². The van der Waals surface area contributed by atoms with E-state index < -0.39 is 0 Å². The van der Waals surface area contributed by atoms with Crippen molar-refractivity contribution in [3.05, 3.63) is 39.5 Å². The van der Waals surface area contributed by atoms with E-state index >= 15 is 0 Å². The maximum absolute atomic E-state index is 6.50. The summed E-state index contributed by atoms with van der Waals surface area (Å²) in [6, 6.07) is 6.13. The van der Waals surface area contributed by atoms with Gasteiger partial charge in [0.2, 0.25) is 0 Å². The Bertz CT molecular complexity index is 771. The highest BCUT2D eigenvalue weighted by atomic mass is 35.5. The van der Waals surface area contributed by atoms with Crippen LogP contribution in [-0.2, 0) is 6.42 Å². The van der Waals surface area contributed by atoms with Crippen molar-refractivity contribution in [2.75, 3.05) is 25.5 Å². The number of piperidine rings is 1. The van der Waals surface area contributed by atoms with Crippen LogP contribution in [0.5, 0.6) is 0 Å². The quantitative estimate of drug-likeness (QED) is 0.790. The first-order chi connectivity index (χ1) is 12.2. The molecule has 2 aliphatic heterocycles. The Morgan fingerprint density at radius 1 is 1.16 bits per heavy atom. The number of aromatic nitrogens is 2. The molecular formula is C19H24Cl2N4. The van der Waals surface area contributed by atoms with Crippen molar-refractivity contribution in [2.45, 2.75) is 44.6 Å². The highest BCUT2D eigenvalue weighted by Crippen LogP contribution is 2.38. The van der Waals surface area contributed by atoms with Crippen molar-refractivity contribution < 1.29 is 0 Å². The second-order valence-corrected chi connectivity index (χ2v) is 7.86. The molecule has 1 aromatic carbocycles. The Morgan fingerprint density at radius 2 is 2.04 bits per heavy atom. The Labute approximate surface area is 159 Å². The monoisotopic (exact) mass is 378 g/mol. The molecule has 1 N–H and O–H groups in total. The fourth-order valence-electron chi connectivity index (χ4n) is 4.05. The molecule has 0 radical (unpaired) electrons. The molecule has 1 atom stereocenters. The van der Waals surface area contributed by atoms with Gasteiger partial charge in [0, 0.05) is 12.1 Å². The van der Waals surface area contributed by atoms with E-state index in [0.29, 0.717) is 16.1 Å². The zero-order valence-electron chi connectivity index (χ0n) is 14.6. The number of hydrogen-bond acceptors (Lipinski definition) is 3. The molecule has 0 aliphatic carbocycles. The predicted octanol–water partition coefficient (Wildman–Crippen LogP) is 5.08. The lowest BCUT2D eigenvalue weighted by molar-refractivity contribution is 0.182. The van der Waals surface area contributed by atoms with Gasteiger partial charge in [-0.2, -0.15) is 5.10 Å². The smallest absolute Gasteiger partial charge is 0.133 e. The molecule has 2 aromatic rings. The highest BCUT2D eigenvalue weighted by Gasteiger charge is 2.30. The first kappa shape index (κ1) is 17.2. The van der Waals surface area contributed by atoms with Gasteiger partial charge in [-0.1, -0.05) is 35.7 Å². The number of rotatable bonds is 2. The van der Waals surface area contributed by atoms with E-state index in [-0.39, 0.29) is 0 Å². The standard InChI is InChI=1S/C19H24Cl2N4/c1-24-12-5-3-9-16(24)18-13-7-2-4-11-22-19(13)25(23-18)15-10-6-8-14(20)17(15)21/h6,8,10,16,22H,2-5,7,9,11-12H2,1H3. The van der Waals surface area contributed by atoms with Crippen molar-refractivity contribution in [3.8, 4) is 5.69 Å². The van der Waals surface area contributed by atoms with E-state index in [2.05, 4.69) is 17.3 Å². The molecule has 1 aromatic heterocycles. The Kier molecular flexibility index (Phi) is 4.94. The molecule has 0 bridgehead atoms. The van der Waals surface area contributed by atoms with Gasteiger partial charge in [0.15, 0.2) is 0 Å². The van der Waals surface area contributed by atoms with Crippen LogP contribution in [0.15, 0.2) is 18.2 Å². The number of anilines is 1. The molecule has 1 unspecified atom stereocenters. The van der Waals surface area contributed by atoms with Crippen molar-refractivity contribution >= 4 is 29.0 Å². The van der Waals surface area contributed by atoms with E-state index in [4.69, 9.17) is 28.3 Å². The van der Waals surface area contributed by atoms with Crippen LogP contribution < -0.4 is 5.32 Å². The third kappa shape index (κ3) is 3.16. The average molecular weight is 379 g/mol. The molecule has 0 spiro atoms. The van der Waals surface area contributed by atoms with Gasteiger partial charge in [0.1, 0.15) is 5.82 Å². The van der Waals surface area contributed by atoms with E-state index in [1.165, 1.54) is 43.4 Å². The largest absolute Gasteiger partial charge is 0.370 e. The normalized spacial score (nSPS) is 21.5. The SMILES string of the molecule is CN1CCCCC1c1nn(-c2cccc(Cl)c2Cl)c2c1CCCCN2. The van der Waals surface area contributed by atoms with Crippen LogP contribution in [0.1, 0.15) is 49.4 Å². The van der Waals surface area contributed by atoms with Crippen LogP contribution in [0, 0.1) is 0 Å². The Balaban J connectivity index is 1.86. The van der Waals surface area contributed by atoms with Gasteiger partial charge in [0.25, 0.3) is 0 Å². The summed E-state index contributed by atoms with van der Waals surface area (Å²) in [6.07, 6.45) is 7.15. The van der Waals surface area contributed by atoms with Crippen molar-refractivity contribution in [1.29, 1.82) is 0 Å². The van der Waals surface area contributed by atoms with Gasteiger partial charge in [-0.3, -0.25) is 4.90 Å². The summed E-state index contributed by atoms with van der Waals surface area (Å²) in [5.74, 6) is 1.09. The number of nitrogens with zero attached hydrogens (tertiary/aromatic N) is 3. The Morgan fingerprint density at radius 3 is 2.88 bits per heavy atom. The fraction of sp³-hybridized carbons (Fsp3) is 0.526. The summed E-state index contributed by atoms with van der Waals surface area (Å²) >= 11 is 12.8. The molecule has 4 rings (SSSR count). The molecule has 25 heavy (non-hydrogen) atoms. The molecule has 0 amide bonds. The lowest BCUT2D eigenvalue weighted by Gasteiger charge is -2.31. The summed E-state index contributed by atoms with van der Waals surface area (Å²) in [5.41, 5.74) is 3.42. The molecule has 134 valence electrons. The summed E-state index contributed by atoms with van der Waals surface area (Å²) in [5, 5.41) is 9.77. The highest BCUT2D eigenvalue weighted by molar-refractivity contribution is 6.43. The van der Waals surface area contributed by atoms with Crippen molar-refractivity contribution in [2.24, 2.45) is 0 Å². The minimum absolute atomic E-state index is 0.390. The number of fused-ring (bicyclic) bond motifs is 1. The number of halogens is 2. The molecule has 1 fully saturated rings. The second-order valence-electron chi connectivity index (χ2n) is 7.07. The maximum Gasteiger partial charge on any atom is 0.133 e. The summed E-state index contributed by atoms with van der Waals surface area (Å²) in [6.45, 7) is 2.11. The molecule has 2 aliphatic rings. The molecule has 3 heterocycles. The third-order valence-corrected chi connectivity index (χ3v) is 6.21. The molecule has 6 heteroatoms. The maximum atomic E-state index is 6.50. The van der Waals surface area contributed by atoms with Crippen LogP contribution in [0.4, 0.5) is 5.82 Å². The van der Waals surface area contributed by atoms with E-state index in [1.807, 2.05) is 22.9 Å². The number of likely N-dealkylation sites (tertiary alicyclic amines) is 1. The van der Waals surface area contributed by atoms with Gasteiger partial charge >= 0.3 is 0 Å². The topological polar surface area (TPSA) is 33.1 Å². The van der Waals surface area contributed by atoms with E-state index in [9.17, 15) is 0 Å². The number of hydrogen-bond donors (Lipinski definition) is 1. The summed E-state index contributed by atoms with van der Waals surface area (Å²) in [7, 11) is 2.21. The first-order valence-corrected chi connectivity index (χ1v) is 9.92. The Hall–Kier alpha value is -1.23. The third-order valence-electron chi connectivity index (χ3n) is 5.41. The molecule has 1 saturated heterocycles. The minimum atomic E-state index is 0.390. The van der Waals surface area contributed by atoms with E-state index in [1.54, 1.807) is 0 Å². The number of benzene rings is 1. The first-order valence-electron chi connectivity index (χ1n) is 9.17. The summed E-state index contributed by atoms with van der Waals surface area (Å²) < 4.78 is 1.98. The van der Waals surface area contributed by atoms with Gasteiger partial charge in [0.05, 0.1) is 27.5 Å². The lowest BCUT2D eigenvalue weighted by Crippen LogP contribution is -2.30. The zero-order chi connectivity index (χ0) is 17.4. The fourth-order valence-corrected chi connectivity index (χ4v) is 4.42.